The van der Waals surface area contributed by atoms with Crippen molar-refractivity contribution in [2.45, 2.75) is 26.2 Å². The lowest BCUT2D eigenvalue weighted by atomic mass is 9.97. The normalized spacial score (nSPS) is 9.94. The van der Waals surface area contributed by atoms with Gasteiger partial charge in [-0.25, -0.2) is 9.59 Å². The van der Waals surface area contributed by atoms with E-state index in [1.54, 1.807) is 12.1 Å². The van der Waals surface area contributed by atoms with Gasteiger partial charge in [0.25, 0.3) is 0 Å². The largest absolute Gasteiger partial charge is 0.465 e. The molecule has 0 aromatic heterocycles. The molecule has 0 heterocycles. The Morgan fingerprint density at radius 1 is 1.11 bits per heavy atom. The number of aryl methyl sites for hydroxylation is 1. The van der Waals surface area contributed by atoms with Crippen LogP contribution in [0.25, 0.3) is 0 Å². The molecule has 1 aromatic rings. The van der Waals surface area contributed by atoms with Gasteiger partial charge in [0.15, 0.2) is 0 Å². The molecule has 0 saturated heterocycles. The molecule has 0 unspecified atom stereocenters. The van der Waals surface area contributed by atoms with Crippen molar-refractivity contribution in [3.63, 3.8) is 0 Å². The molecule has 0 amide bonds. The van der Waals surface area contributed by atoms with Gasteiger partial charge in [-0.2, -0.15) is 0 Å². The predicted octanol–water partition coefficient (Wildman–Crippen LogP) is 2.60. The first kappa shape index (κ1) is 14.2. The molecule has 1 rings (SSSR count). The Kier molecular flexibility index (Phi) is 5.36. The van der Waals surface area contributed by atoms with Crippen molar-refractivity contribution in [2.75, 3.05) is 14.2 Å². The average Bonchev–Trinajstić information content (AvgIpc) is 2.42. The number of benzene rings is 1. The molecule has 0 aliphatic carbocycles. The maximum atomic E-state index is 11.8. The number of rotatable bonds is 5. The van der Waals surface area contributed by atoms with Crippen LogP contribution in [-0.4, -0.2) is 26.2 Å². The van der Waals surface area contributed by atoms with Crippen LogP contribution in [0.2, 0.25) is 0 Å². The zero-order valence-corrected chi connectivity index (χ0v) is 11.0. The van der Waals surface area contributed by atoms with E-state index >= 15 is 0 Å². The Labute approximate surface area is 107 Å². The Bertz CT molecular complexity index is 437. The van der Waals surface area contributed by atoms with E-state index < -0.39 is 11.9 Å². The average molecular weight is 250 g/mol. The highest BCUT2D eigenvalue weighted by molar-refractivity contribution is 6.04. The first-order valence-corrected chi connectivity index (χ1v) is 5.94. The third-order valence-electron chi connectivity index (χ3n) is 2.75. The second-order valence-electron chi connectivity index (χ2n) is 3.93. The third-order valence-corrected chi connectivity index (χ3v) is 2.75. The summed E-state index contributed by atoms with van der Waals surface area (Å²) >= 11 is 0. The van der Waals surface area contributed by atoms with Gasteiger partial charge in [-0.3, -0.25) is 0 Å². The monoisotopic (exact) mass is 250 g/mol. The van der Waals surface area contributed by atoms with E-state index in [4.69, 9.17) is 4.74 Å². The lowest BCUT2D eigenvalue weighted by molar-refractivity contribution is 0.0554. The lowest BCUT2D eigenvalue weighted by Gasteiger charge is -2.11. The van der Waals surface area contributed by atoms with E-state index in [1.807, 2.05) is 6.07 Å². The molecular weight excluding hydrogens is 232 g/mol. The van der Waals surface area contributed by atoms with Crippen LogP contribution in [0.4, 0.5) is 0 Å². The van der Waals surface area contributed by atoms with Crippen molar-refractivity contribution in [3.8, 4) is 0 Å². The van der Waals surface area contributed by atoms with Gasteiger partial charge >= 0.3 is 11.9 Å². The fraction of sp³-hybridized carbons (Fsp3) is 0.429. The van der Waals surface area contributed by atoms with E-state index in [2.05, 4.69) is 11.7 Å². The molecule has 1 aromatic carbocycles. The highest BCUT2D eigenvalue weighted by Gasteiger charge is 2.21. The van der Waals surface area contributed by atoms with Crippen molar-refractivity contribution in [1.29, 1.82) is 0 Å². The van der Waals surface area contributed by atoms with Crippen LogP contribution in [0.3, 0.4) is 0 Å². The van der Waals surface area contributed by atoms with E-state index in [1.165, 1.54) is 14.2 Å². The summed E-state index contributed by atoms with van der Waals surface area (Å²) in [6.45, 7) is 2.07. The quantitative estimate of drug-likeness (QED) is 0.754. The van der Waals surface area contributed by atoms with Gasteiger partial charge in [0, 0.05) is 0 Å². The summed E-state index contributed by atoms with van der Waals surface area (Å²) in [4.78, 5) is 23.5. The Morgan fingerprint density at radius 3 is 2.33 bits per heavy atom. The molecule has 0 bridgehead atoms. The summed E-state index contributed by atoms with van der Waals surface area (Å²) in [5, 5.41) is 0. The Balaban J connectivity index is 3.25. The summed E-state index contributed by atoms with van der Waals surface area (Å²) < 4.78 is 9.43. The highest BCUT2D eigenvalue weighted by atomic mass is 16.5. The smallest absolute Gasteiger partial charge is 0.339 e. The van der Waals surface area contributed by atoms with Gasteiger partial charge in [0.1, 0.15) is 0 Å². The van der Waals surface area contributed by atoms with Crippen molar-refractivity contribution >= 4 is 11.9 Å². The van der Waals surface area contributed by atoms with Crippen LogP contribution in [0.5, 0.6) is 0 Å². The fourth-order valence-electron chi connectivity index (χ4n) is 1.80. The molecule has 18 heavy (non-hydrogen) atoms. The number of carbonyl (C=O) groups excluding carboxylic acids is 2. The number of methoxy groups -OCH3 is 2. The van der Waals surface area contributed by atoms with Gasteiger partial charge in [0.05, 0.1) is 25.3 Å². The minimum atomic E-state index is -0.520. The number of unbranched alkanes of at least 4 members (excludes halogenated alkanes) is 1. The lowest BCUT2D eigenvalue weighted by Crippen LogP contribution is -2.14. The molecule has 0 aliphatic rings. The second kappa shape index (κ2) is 6.79. The summed E-state index contributed by atoms with van der Waals surface area (Å²) in [5.74, 6) is -1.02. The van der Waals surface area contributed by atoms with Crippen molar-refractivity contribution in [2.24, 2.45) is 0 Å². The molecule has 0 atom stereocenters. The van der Waals surface area contributed by atoms with Crippen LogP contribution in [0.15, 0.2) is 18.2 Å². The highest BCUT2D eigenvalue weighted by Crippen LogP contribution is 2.19. The summed E-state index contributed by atoms with van der Waals surface area (Å²) in [6, 6.07) is 5.17. The molecule has 98 valence electrons. The van der Waals surface area contributed by atoms with Crippen LogP contribution in [-0.2, 0) is 15.9 Å². The summed E-state index contributed by atoms with van der Waals surface area (Å²) in [7, 11) is 2.60. The maximum absolute atomic E-state index is 11.8. The number of hydrogen-bond acceptors (Lipinski definition) is 4. The molecule has 0 saturated carbocycles. The maximum Gasteiger partial charge on any atom is 0.339 e. The van der Waals surface area contributed by atoms with Crippen LogP contribution in [0, 0.1) is 0 Å². The zero-order chi connectivity index (χ0) is 13.5. The minimum Gasteiger partial charge on any atom is -0.465 e. The van der Waals surface area contributed by atoms with E-state index in [0.29, 0.717) is 5.56 Å². The number of hydrogen-bond donors (Lipinski definition) is 0. The molecule has 0 N–H and O–H groups in total. The van der Waals surface area contributed by atoms with E-state index in [-0.39, 0.29) is 5.56 Å². The standard InChI is InChI=1S/C14H18O4/c1-4-5-7-10-8-6-9-11(13(15)17-2)12(10)14(16)18-3/h6,8-9H,4-5,7H2,1-3H3. The second-order valence-corrected chi connectivity index (χ2v) is 3.93. The first-order chi connectivity index (χ1) is 8.65. The third kappa shape index (κ3) is 3.09. The van der Waals surface area contributed by atoms with Gasteiger partial charge in [0.2, 0.25) is 0 Å². The molecule has 0 aliphatic heterocycles. The predicted molar refractivity (Wildman–Crippen MR) is 67.7 cm³/mol. The van der Waals surface area contributed by atoms with Gasteiger partial charge in [-0.1, -0.05) is 25.5 Å². The van der Waals surface area contributed by atoms with Crippen LogP contribution < -0.4 is 0 Å². The number of esters is 2. The molecule has 0 fully saturated rings. The van der Waals surface area contributed by atoms with Crippen molar-refractivity contribution in [3.05, 3.63) is 34.9 Å². The fourth-order valence-corrected chi connectivity index (χ4v) is 1.80. The molecule has 4 heteroatoms. The summed E-state index contributed by atoms with van der Waals surface area (Å²) in [5.41, 5.74) is 1.41. The Hall–Kier alpha value is -1.84. The summed E-state index contributed by atoms with van der Waals surface area (Å²) in [6.07, 6.45) is 2.71. The first-order valence-electron chi connectivity index (χ1n) is 5.94. The number of carbonyl (C=O) groups is 2. The van der Waals surface area contributed by atoms with Crippen LogP contribution >= 0.6 is 0 Å². The SMILES string of the molecule is CCCCc1cccc(C(=O)OC)c1C(=O)OC. The minimum absolute atomic E-state index is 0.262. The van der Waals surface area contributed by atoms with Crippen molar-refractivity contribution in [1.82, 2.24) is 0 Å². The molecule has 0 spiro atoms. The van der Waals surface area contributed by atoms with Crippen LogP contribution in [0.1, 0.15) is 46.0 Å². The van der Waals surface area contributed by atoms with E-state index in [0.717, 1.165) is 24.8 Å². The molecule has 4 nitrogen and oxygen atoms in total. The number of ether oxygens (including phenoxy) is 2. The van der Waals surface area contributed by atoms with Crippen molar-refractivity contribution < 1.29 is 19.1 Å². The van der Waals surface area contributed by atoms with Gasteiger partial charge < -0.3 is 9.47 Å². The zero-order valence-electron chi connectivity index (χ0n) is 11.0. The topological polar surface area (TPSA) is 52.6 Å². The molecule has 0 radical (unpaired) electrons. The Morgan fingerprint density at radius 2 is 1.78 bits per heavy atom. The molecular formula is C14H18O4. The van der Waals surface area contributed by atoms with Gasteiger partial charge in [-0.15, -0.1) is 0 Å². The van der Waals surface area contributed by atoms with E-state index in [9.17, 15) is 9.59 Å². The van der Waals surface area contributed by atoms with Gasteiger partial charge in [-0.05, 0) is 24.5 Å².